The molecule has 0 saturated heterocycles. The topological polar surface area (TPSA) is 95.1 Å². The Hall–Kier alpha value is -2.15. The number of carboxylic acid groups (broad SMARTS) is 1. The third kappa shape index (κ3) is 3.69. The summed E-state index contributed by atoms with van der Waals surface area (Å²) in [4.78, 5) is 30.2. The first-order chi connectivity index (χ1) is 9.99. The van der Waals surface area contributed by atoms with E-state index in [1.54, 1.807) is 19.1 Å². The van der Waals surface area contributed by atoms with Crippen LogP contribution in [0.2, 0.25) is 0 Å². The van der Waals surface area contributed by atoms with Gasteiger partial charge < -0.3 is 15.4 Å². The van der Waals surface area contributed by atoms with Crippen molar-refractivity contribution in [3.63, 3.8) is 0 Å². The Morgan fingerprint density at radius 2 is 2.24 bits per heavy atom. The van der Waals surface area contributed by atoms with Crippen LogP contribution >= 0.6 is 15.9 Å². The highest BCUT2D eigenvalue weighted by molar-refractivity contribution is 9.10. The lowest BCUT2D eigenvalue weighted by Gasteiger charge is -2.15. The van der Waals surface area contributed by atoms with Gasteiger partial charge in [0.1, 0.15) is 6.04 Å². The Labute approximate surface area is 129 Å². The molecule has 2 rings (SSSR count). The van der Waals surface area contributed by atoms with Crippen molar-refractivity contribution in [3.8, 4) is 0 Å². The monoisotopic (exact) mass is 351 g/mol. The third-order valence-corrected chi connectivity index (χ3v) is 3.95. The maximum atomic E-state index is 12.2. The quantitative estimate of drug-likeness (QED) is 0.766. The zero-order valence-corrected chi connectivity index (χ0v) is 12.8. The van der Waals surface area contributed by atoms with Crippen LogP contribution in [-0.4, -0.2) is 33.0 Å². The lowest BCUT2D eigenvalue weighted by molar-refractivity contribution is -0.139. The zero-order valence-electron chi connectivity index (χ0n) is 11.3. The number of benzene rings is 1. The van der Waals surface area contributed by atoms with Crippen LogP contribution in [0.5, 0.6) is 0 Å². The van der Waals surface area contributed by atoms with Crippen molar-refractivity contribution in [2.24, 2.45) is 0 Å². The summed E-state index contributed by atoms with van der Waals surface area (Å²) in [5, 5.41) is 11.8. The van der Waals surface area contributed by atoms with Gasteiger partial charge in [-0.05, 0) is 24.6 Å². The first-order valence-corrected chi connectivity index (χ1v) is 7.04. The van der Waals surface area contributed by atoms with Crippen LogP contribution in [0, 0.1) is 6.92 Å². The van der Waals surface area contributed by atoms with Gasteiger partial charge in [-0.15, -0.1) is 0 Å². The molecule has 6 nitrogen and oxygen atoms in total. The molecule has 0 aliphatic heterocycles. The molecule has 21 heavy (non-hydrogen) atoms. The van der Waals surface area contributed by atoms with Gasteiger partial charge in [0.15, 0.2) is 0 Å². The van der Waals surface area contributed by atoms with Crippen molar-refractivity contribution in [1.29, 1.82) is 0 Å². The Balaban J connectivity index is 2.15. The number of nitrogens with zero attached hydrogens (tertiary/aromatic N) is 1. The van der Waals surface area contributed by atoms with E-state index in [0.29, 0.717) is 11.3 Å². The van der Waals surface area contributed by atoms with Crippen LogP contribution in [0.1, 0.15) is 21.6 Å². The molecular formula is C14H14BrN3O3. The fourth-order valence-electron chi connectivity index (χ4n) is 1.91. The SMILES string of the molecule is Cc1c(Br)cccc1C(=O)N[C@H](Cc1cnc[nH]1)C(=O)O. The predicted octanol–water partition coefficient (Wildman–Crippen LogP) is 1.91. The van der Waals surface area contributed by atoms with Gasteiger partial charge in [-0.25, -0.2) is 9.78 Å². The van der Waals surface area contributed by atoms with Crippen LogP contribution in [0.15, 0.2) is 35.2 Å². The molecule has 110 valence electrons. The summed E-state index contributed by atoms with van der Waals surface area (Å²) in [6, 6.07) is 4.20. The molecule has 0 fully saturated rings. The second-order valence-electron chi connectivity index (χ2n) is 4.56. The molecule has 3 N–H and O–H groups in total. The first-order valence-electron chi connectivity index (χ1n) is 6.25. The number of hydrogen-bond donors (Lipinski definition) is 3. The first kappa shape index (κ1) is 15.2. The molecule has 0 bridgehead atoms. The molecule has 0 unspecified atom stereocenters. The zero-order chi connectivity index (χ0) is 15.4. The van der Waals surface area contributed by atoms with Gasteiger partial charge in [-0.1, -0.05) is 22.0 Å². The van der Waals surface area contributed by atoms with E-state index in [2.05, 4.69) is 31.2 Å². The number of amides is 1. The van der Waals surface area contributed by atoms with E-state index >= 15 is 0 Å². The van der Waals surface area contributed by atoms with E-state index < -0.39 is 17.9 Å². The highest BCUT2D eigenvalue weighted by Crippen LogP contribution is 2.19. The number of carbonyl (C=O) groups is 2. The number of halogens is 1. The Morgan fingerprint density at radius 1 is 1.48 bits per heavy atom. The number of hydrogen-bond acceptors (Lipinski definition) is 3. The predicted molar refractivity (Wildman–Crippen MR) is 80.1 cm³/mol. The second-order valence-corrected chi connectivity index (χ2v) is 5.41. The highest BCUT2D eigenvalue weighted by Gasteiger charge is 2.22. The molecule has 1 aromatic heterocycles. The highest BCUT2D eigenvalue weighted by atomic mass is 79.9. The average molecular weight is 352 g/mol. The molecule has 1 heterocycles. The number of rotatable bonds is 5. The smallest absolute Gasteiger partial charge is 0.326 e. The minimum absolute atomic E-state index is 0.147. The third-order valence-electron chi connectivity index (χ3n) is 3.09. The van der Waals surface area contributed by atoms with Gasteiger partial charge in [0.05, 0.1) is 6.33 Å². The minimum Gasteiger partial charge on any atom is -0.480 e. The molecule has 0 aliphatic rings. The lowest BCUT2D eigenvalue weighted by Crippen LogP contribution is -2.42. The second kappa shape index (κ2) is 6.53. The molecule has 7 heteroatoms. The summed E-state index contributed by atoms with van der Waals surface area (Å²) in [5.74, 6) is -1.51. The number of aromatic amines is 1. The van der Waals surface area contributed by atoms with Crippen LogP contribution < -0.4 is 5.32 Å². The van der Waals surface area contributed by atoms with Gasteiger partial charge >= 0.3 is 5.97 Å². The minimum atomic E-state index is -1.09. The average Bonchev–Trinajstić information content (AvgIpc) is 2.93. The molecule has 0 spiro atoms. The summed E-state index contributed by atoms with van der Waals surface area (Å²) in [6.45, 7) is 1.80. The summed E-state index contributed by atoms with van der Waals surface area (Å²) in [6.07, 6.45) is 3.15. The summed E-state index contributed by atoms with van der Waals surface area (Å²) in [5.41, 5.74) is 1.86. The van der Waals surface area contributed by atoms with Crippen LogP contribution in [0.25, 0.3) is 0 Å². The number of aromatic nitrogens is 2. The molecule has 0 aliphatic carbocycles. The van der Waals surface area contributed by atoms with E-state index in [0.717, 1.165) is 10.0 Å². The lowest BCUT2D eigenvalue weighted by atomic mass is 10.1. The van der Waals surface area contributed by atoms with E-state index in [-0.39, 0.29) is 6.42 Å². The molecule has 0 radical (unpaired) electrons. The molecule has 1 atom stereocenters. The normalized spacial score (nSPS) is 11.9. The summed E-state index contributed by atoms with van der Waals surface area (Å²) < 4.78 is 0.801. The number of aliphatic carboxylic acids is 1. The van der Waals surface area contributed by atoms with Crippen molar-refractivity contribution in [2.45, 2.75) is 19.4 Å². The molecule has 0 saturated carbocycles. The Morgan fingerprint density at radius 3 is 2.86 bits per heavy atom. The summed E-state index contributed by atoms with van der Waals surface area (Å²) >= 11 is 3.35. The standard InChI is InChI=1S/C14H14BrN3O3/c1-8-10(3-2-4-11(8)15)13(19)18-12(14(20)21)5-9-6-16-7-17-9/h2-4,6-7,12H,5H2,1H3,(H,16,17)(H,18,19)(H,20,21)/t12-/m1/s1. The molecule has 1 amide bonds. The van der Waals surface area contributed by atoms with E-state index in [1.807, 2.05) is 6.07 Å². The fourth-order valence-corrected chi connectivity index (χ4v) is 2.27. The van der Waals surface area contributed by atoms with Crippen molar-refractivity contribution >= 4 is 27.8 Å². The number of carbonyl (C=O) groups excluding carboxylic acids is 1. The van der Waals surface area contributed by atoms with E-state index in [1.165, 1.54) is 12.5 Å². The number of H-pyrrole nitrogens is 1. The fraction of sp³-hybridized carbons (Fsp3) is 0.214. The van der Waals surface area contributed by atoms with E-state index in [4.69, 9.17) is 0 Å². The van der Waals surface area contributed by atoms with Gasteiger partial charge in [-0.3, -0.25) is 4.79 Å². The van der Waals surface area contributed by atoms with Gasteiger partial charge in [0, 0.05) is 28.3 Å². The molecule has 2 aromatic rings. The van der Waals surface area contributed by atoms with E-state index in [9.17, 15) is 14.7 Å². The molecular weight excluding hydrogens is 338 g/mol. The Bertz CT molecular complexity index is 655. The van der Waals surface area contributed by atoms with Crippen molar-refractivity contribution in [1.82, 2.24) is 15.3 Å². The van der Waals surface area contributed by atoms with Crippen molar-refractivity contribution in [3.05, 3.63) is 52.0 Å². The van der Waals surface area contributed by atoms with Crippen LogP contribution in [0.3, 0.4) is 0 Å². The Kier molecular flexibility index (Phi) is 4.74. The maximum absolute atomic E-state index is 12.2. The summed E-state index contributed by atoms with van der Waals surface area (Å²) in [7, 11) is 0. The van der Waals surface area contributed by atoms with Crippen LogP contribution in [0.4, 0.5) is 0 Å². The van der Waals surface area contributed by atoms with Gasteiger partial charge in [0.2, 0.25) is 0 Å². The largest absolute Gasteiger partial charge is 0.480 e. The van der Waals surface area contributed by atoms with Crippen molar-refractivity contribution in [2.75, 3.05) is 0 Å². The number of carboxylic acids is 1. The number of nitrogens with one attached hydrogen (secondary N) is 2. The van der Waals surface area contributed by atoms with Gasteiger partial charge in [-0.2, -0.15) is 0 Å². The van der Waals surface area contributed by atoms with Crippen LogP contribution in [-0.2, 0) is 11.2 Å². The molecule has 1 aromatic carbocycles. The van der Waals surface area contributed by atoms with Crippen molar-refractivity contribution < 1.29 is 14.7 Å². The number of imidazole rings is 1. The van der Waals surface area contributed by atoms with Gasteiger partial charge in [0.25, 0.3) is 5.91 Å². The maximum Gasteiger partial charge on any atom is 0.326 e.